The molecule has 1 amide bonds. The van der Waals surface area contributed by atoms with Crippen LogP contribution >= 0.6 is 11.6 Å². The Morgan fingerprint density at radius 3 is 2.74 bits per heavy atom. The van der Waals surface area contributed by atoms with Gasteiger partial charge in [0.2, 0.25) is 5.91 Å². The van der Waals surface area contributed by atoms with E-state index in [4.69, 9.17) is 11.6 Å². The number of carbonyl (C=O) groups excluding carboxylic acids is 1. The minimum Gasteiger partial charge on any atom is -0.350 e. The second kappa shape index (κ2) is 6.20. The van der Waals surface area contributed by atoms with Crippen LogP contribution in [0.25, 0.3) is 0 Å². The van der Waals surface area contributed by atoms with Gasteiger partial charge in [0.1, 0.15) is 0 Å². The summed E-state index contributed by atoms with van der Waals surface area (Å²) in [4.78, 5) is 11.6. The molecule has 0 aliphatic carbocycles. The predicted molar refractivity (Wildman–Crippen MR) is 76.3 cm³/mol. The molecule has 0 bridgehead atoms. The molecule has 0 atom stereocenters. The number of aromatic nitrogens is 1. The molecule has 5 heteroatoms. The van der Waals surface area contributed by atoms with Gasteiger partial charge in [-0.2, -0.15) is 5.10 Å². The largest absolute Gasteiger partial charge is 0.350 e. The van der Waals surface area contributed by atoms with Crippen LogP contribution in [0.15, 0.2) is 47.7 Å². The first kappa shape index (κ1) is 13.4. The molecule has 98 valence electrons. The summed E-state index contributed by atoms with van der Waals surface area (Å²) in [6.45, 7) is 0. The predicted octanol–water partition coefficient (Wildman–Crippen LogP) is 2.37. The maximum absolute atomic E-state index is 11.6. The molecule has 0 fully saturated rings. The zero-order chi connectivity index (χ0) is 13.7. The Bertz CT molecular complexity index is 587. The van der Waals surface area contributed by atoms with Crippen molar-refractivity contribution in [3.05, 3.63) is 58.9 Å². The van der Waals surface area contributed by atoms with Crippen LogP contribution in [0.5, 0.6) is 0 Å². The number of nitrogens with one attached hydrogen (secondary N) is 1. The molecule has 1 heterocycles. The molecule has 19 heavy (non-hydrogen) atoms. The third-order valence-corrected chi connectivity index (χ3v) is 2.90. The summed E-state index contributed by atoms with van der Waals surface area (Å²) in [5.41, 5.74) is 4.32. The standard InChI is InChI=1S/C14H14ClN3O/c1-18-8-2-3-13(18)10-16-17-14(19)9-11-4-6-12(15)7-5-11/h2-8,10H,9H2,1H3,(H,17,19)/b16-10-. The van der Waals surface area contributed by atoms with Crippen molar-refractivity contribution in [2.75, 3.05) is 0 Å². The third kappa shape index (κ3) is 3.96. The van der Waals surface area contributed by atoms with E-state index in [1.807, 2.05) is 42.1 Å². The van der Waals surface area contributed by atoms with E-state index in [1.54, 1.807) is 18.3 Å². The highest BCUT2D eigenvalue weighted by Crippen LogP contribution is 2.09. The van der Waals surface area contributed by atoms with Gasteiger partial charge in [0.15, 0.2) is 0 Å². The molecule has 0 aliphatic heterocycles. The van der Waals surface area contributed by atoms with E-state index in [1.165, 1.54) is 0 Å². The first-order valence-electron chi connectivity index (χ1n) is 5.83. The normalized spacial score (nSPS) is 10.8. The molecule has 0 saturated carbocycles. The fourth-order valence-electron chi connectivity index (χ4n) is 1.61. The maximum atomic E-state index is 11.6. The Morgan fingerprint density at radius 2 is 2.11 bits per heavy atom. The van der Waals surface area contributed by atoms with Crippen molar-refractivity contribution >= 4 is 23.7 Å². The molecule has 4 nitrogen and oxygen atoms in total. The lowest BCUT2D eigenvalue weighted by molar-refractivity contribution is -0.120. The van der Waals surface area contributed by atoms with Gasteiger partial charge in [-0.05, 0) is 29.8 Å². The number of halogens is 1. The van der Waals surface area contributed by atoms with Gasteiger partial charge >= 0.3 is 0 Å². The summed E-state index contributed by atoms with van der Waals surface area (Å²) < 4.78 is 1.91. The number of hydrazone groups is 1. The number of hydrogen-bond acceptors (Lipinski definition) is 2. The van der Waals surface area contributed by atoms with Crippen LogP contribution in [0.2, 0.25) is 5.02 Å². The first-order valence-corrected chi connectivity index (χ1v) is 6.20. The van der Waals surface area contributed by atoms with Crippen LogP contribution < -0.4 is 5.43 Å². The zero-order valence-corrected chi connectivity index (χ0v) is 11.3. The molecule has 0 aliphatic rings. The van der Waals surface area contributed by atoms with Crippen molar-refractivity contribution in [3.63, 3.8) is 0 Å². The Balaban J connectivity index is 1.86. The SMILES string of the molecule is Cn1cccc1/C=N\NC(=O)Cc1ccc(Cl)cc1. The molecular weight excluding hydrogens is 262 g/mol. The van der Waals surface area contributed by atoms with Crippen molar-refractivity contribution in [2.24, 2.45) is 12.1 Å². The summed E-state index contributed by atoms with van der Waals surface area (Å²) in [6, 6.07) is 11.0. The lowest BCUT2D eigenvalue weighted by Crippen LogP contribution is -2.19. The van der Waals surface area contributed by atoms with Crippen LogP contribution in [0.1, 0.15) is 11.3 Å². The Kier molecular flexibility index (Phi) is 4.36. The minimum atomic E-state index is -0.159. The van der Waals surface area contributed by atoms with E-state index in [0.29, 0.717) is 5.02 Å². The molecule has 1 aromatic heterocycles. The molecule has 1 aromatic carbocycles. The van der Waals surface area contributed by atoms with Gasteiger partial charge < -0.3 is 4.57 Å². The summed E-state index contributed by atoms with van der Waals surface area (Å²) in [7, 11) is 1.91. The quantitative estimate of drug-likeness (QED) is 0.676. The number of aryl methyl sites for hydroxylation is 1. The smallest absolute Gasteiger partial charge is 0.244 e. The van der Waals surface area contributed by atoms with E-state index in [0.717, 1.165) is 11.3 Å². The summed E-state index contributed by atoms with van der Waals surface area (Å²) >= 11 is 5.78. The van der Waals surface area contributed by atoms with E-state index in [2.05, 4.69) is 10.5 Å². The average molecular weight is 276 g/mol. The van der Waals surface area contributed by atoms with Crippen LogP contribution in [0, 0.1) is 0 Å². The lowest BCUT2D eigenvalue weighted by Gasteiger charge is -2.01. The Labute approximate surface area is 116 Å². The average Bonchev–Trinajstić information content (AvgIpc) is 2.78. The van der Waals surface area contributed by atoms with Crippen molar-refractivity contribution in [2.45, 2.75) is 6.42 Å². The minimum absolute atomic E-state index is 0.159. The van der Waals surface area contributed by atoms with Gasteiger partial charge in [-0.3, -0.25) is 4.79 Å². The van der Waals surface area contributed by atoms with Gasteiger partial charge in [0.05, 0.1) is 18.3 Å². The van der Waals surface area contributed by atoms with Gasteiger partial charge in [-0.15, -0.1) is 0 Å². The van der Waals surface area contributed by atoms with Crippen molar-refractivity contribution in [3.8, 4) is 0 Å². The van der Waals surface area contributed by atoms with E-state index >= 15 is 0 Å². The second-order valence-corrected chi connectivity index (χ2v) is 4.58. The number of carbonyl (C=O) groups is 1. The van der Waals surface area contributed by atoms with Gasteiger partial charge in [-0.25, -0.2) is 5.43 Å². The van der Waals surface area contributed by atoms with Crippen LogP contribution in [-0.4, -0.2) is 16.7 Å². The van der Waals surface area contributed by atoms with Gasteiger partial charge in [-0.1, -0.05) is 23.7 Å². The number of benzene rings is 1. The van der Waals surface area contributed by atoms with Gasteiger partial charge in [0, 0.05) is 18.3 Å². The van der Waals surface area contributed by atoms with Crippen molar-refractivity contribution < 1.29 is 4.79 Å². The molecule has 0 unspecified atom stereocenters. The molecule has 0 saturated heterocycles. The molecule has 2 aromatic rings. The first-order chi connectivity index (χ1) is 9.15. The number of hydrogen-bond donors (Lipinski definition) is 1. The fraction of sp³-hybridized carbons (Fsp3) is 0.143. The molecule has 0 radical (unpaired) electrons. The highest BCUT2D eigenvalue weighted by molar-refractivity contribution is 6.30. The van der Waals surface area contributed by atoms with Crippen molar-refractivity contribution in [1.82, 2.24) is 9.99 Å². The number of amides is 1. The Hall–Kier alpha value is -2.07. The summed E-state index contributed by atoms with van der Waals surface area (Å²) in [5, 5.41) is 4.58. The second-order valence-electron chi connectivity index (χ2n) is 4.14. The zero-order valence-electron chi connectivity index (χ0n) is 10.5. The number of nitrogens with zero attached hydrogens (tertiary/aromatic N) is 2. The molecule has 2 rings (SSSR count). The van der Waals surface area contributed by atoms with Crippen LogP contribution in [-0.2, 0) is 18.3 Å². The van der Waals surface area contributed by atoms with Gasteiger partial charge in [0.25, 0.3) is 0 Å². The maximum Gasteiger partial charge on any atom is 0.244 e. The van der Waals surface area contributed by atoms with Crippen LogP contribution in [0.4, 0.5) is 0 Å². The van der Waals surface area contributed by atoms with E-state index in [9.17, 15) is 4.79 Å². The topological polar surface area (TPSA) is 46.4 Å². The van der Waals surface area contributed by atoms with Crippen molar-refractivity contribution in [1.29, 1.82) is 0 Å². The summed E-state index contributed by atoms with van der Waals surface area (Å²) in [6.07, 6.45) is 3.80. The summed E-state index contributed by atoms with van der Waals surface area (Å²) in [5.74, 6) is -0.159. The number of rotatable bonds is 4. The molecule has 1 N–H and O–H groups in total. The third-order valence-electron chi connectivity index (χ3n) is 2.65. The highest BCUT2D eigenvalue weighted by atomic mass is 35.5. The van der Waals surface area contributed by atoms with Crippen LogP contribution in [0.3, 0.4) is 0 Å². The monoisotopic (exact) mass is 275 g/mol. The molecular formula is C14H14ClN3O. The lowest BCUT2D eigenvalue weighted by atomic mass is 10.1. The van der Waals surface area contributed by atoms with E-state index < -0.39 is 0 Å². The molecule has 0 spiro atoms. The highest BCUT2D eigenvalue weighted by Gasteiger charge is 2.01. The fourth-order valence-corrected chi connectivity index (χ4v) is 1.73. The van der Waals surface area contributed by atoms with E-state index in [-0.39, 0.29) is 12.3 Å². The Morgan fingerprint density at radius 1 is 1.37 bits per heavy atom.